The summed E-state index contributed by atoms with van der Waals surface area (Å²) in [5, 5.41) is 15.5. The first-order valence-corrected chi connectivity index (χ1v) is 27.1. The van der Waals surface area contributed by atoms with Crippen molar-refractivity contribution in [1.29, 1.82) is 0 Å². The molecule has 26 heteroatoms. The number of thioether (sulfide) groups is 1. The number of likely N-dealkylation sites (N-methyl/N-ethyl adjacent to an activating group) is 1. The summed E-state index contributed by atoms with van der Waals surface area (Å²) < 4.78 is 5.71. The molecule has 3 heterocycles. The molecule has 1 saturated heterocycles. The molecule has 0 spiro atoms. The first-order valence-electron chi connectivity index (χ1n) is 24.4. The molecule has 7 N–H and O–H groups in total. The van der Waals surface area contributed by atoms with Gasteiger partial charge in [-0.15, -0.1) is 29.2 Å². The number of hydrogen-bond donors (Lipinski definition) is 5. The number of aryl methyl sites for hydroxylation is 2. The zero-order valence-corrected chi connectivity index (χ0v) is 53.3. The van der Waals surface area contributed by atoms with E-state index in [1.54, 1.807) is 25.1 Å². The third-order valence-corrected chi connectivity index (χ3v) is 8.66. The zero-order chi connectivity index (χ0) is 62.6. The largest absolute Gasteiger partial charge is 0.471 e. The first kappa shape index (κ1) is 99.8. The fourth-order valence-electron chi connectivity index (χ4n) is 3.49. The molecule has 1 atom stereocenters. The highest BCUT2D eigenvalue weighted by Gasteiger charge is 2.37. The van der Waals surface area contributed by atoms with E-state index in [0.29, 0.717) is 25.9 Å². The average molecular weight is 1160 g/mol. The second-order valence-electron chi connectivity index (χ2n) is 11.9. The lowest BCUT2D eigenvalue weighted by molar-refractivity contribution is -0.138. The number of nitrogens with one attached hydrogen (secondary N) is 1. The van der Waals surface area contributed by atoms with E-state index in [0.717, 1.165) is 80.8 Å². The third kappa shape index (κ3) is 91.5. The fourth-order valence-corrected chi connectivity index (χ4v) is 4.42. The van der Waals surface area contributed by atoms with Crippen LogP contribution in [0.3, 0.4) is 0 Å². The molecular weight excluding hydrogens is 1050 g/mol. The Morgan fingerprint density at radius 3 is 1.55 bits per heavy atom. The number of imide groups is 2. The Morgan fingerprint density at radius 2 is 1.38 bits per heavy atom. The number of azide groups is 1. The molecule has 2 aliphatic rings. The summed E-state index contributed by atoms with van der Waals surface area (Å²) in [6.07, 6.45) is 20.9. The summed E-state index contributed by atoms with van der Waals surface area (Å²) in [7, 11) is 10.2. The van der Waals surface area contributed by atoms with Gasteiger partial charge in [-0.25, -0.2) is 4.99 Å². The van der Waals surface area contributed by atoms with E-state index in [4.69, 9.17) is 33.8 Å². The predicted molar refractivity (Wildman–Crippen MR) is 332 cm³/mol. The Bertz CT molecular complexity index is 1610. The smallest absolute Gasteiger partial charge is 0.292 e. The van der Waals surface area contributed by atoms with Crippen molar-refractivity contribution in [2.75, 3.05) is 81.0 Å². The zero-order valence-electron chi connectivity index (χ0n) is 50.0. The van der Waals surface area contributed by atoms with E-state index < -0.39 is 0 Å². The number of thiol groups is 1. The number of terminal acetylenes is 1. The number of nitrogens with two attached hydrogens (primary N) is 3. The molecule has 76 heavy (non-hydrogen) atoms. The molecule has 444 valence electrons. The molecule has 1 aromatic rings. The molecule has 5 amide bonds. The molecule has 0 aliphatic carbocycles. The predicted octanol–water partition coefficient (Wildman–Crippen LogP) is 7.81. The van der Waals surface area contributed by atoms with Crippen molar-refractivity contribution >= 4 is 107 Å². The summed E-state index contributed by atoms with van der Waals surface area (Å²) in [5.74, 6) is 2.94. The number of amides is 5. The molecule has 1 fully saturated rings. The molecule has 0 bridgehead atoms. The highest BCUT2D eigenvalue weighted by atomic mass is 32.2. The minimum Gasteiger partial charge on any atom is -0.471 e. The molecule has 1 unspecified atom stereocenters. The van der Waals surface area contributed by atoms with Gasteiger partial charge in [0.15, 0.2) is 0 Å². The standard InChI is InChI=1S/C8H13NO2S.C7H13N3.C5H5NO2.C5H11NO.C5H11N.C5H10S.C4H6.C2H3NS.C2H4O2.C2H4O.CH3N3.3CH5N.CH4S/c1-3-9-7(10)5-6(8(9)11)12-4-2;1-3-5-7-6-10(4-2)9-8-7;1-6-4(7)2-3-5(6)8;1-3-5(7)6-4-2;1-3-5-6-4-2;1-3-5(6)4-2;1-3-4-2;1-3-2-4;1-4-2-3;1-2-3;1-3-4-2;4*1-2/h6H,3-5H2,1-2H3;6H,3-5H2,1-2H3;2-3H,1H3;3-4H2,1-2H3,(H,6,7);5H,3-4H2,1-2H3;3-4H2,1-2H3;1H,4H2,2H3;1H3;2H,1H3;2H,1H3;1H3;3*2H2,1H3;2H,1H3. The van der Waals surface area contributed by atoms with Gasteiger partial charge >= 0.3 is 0 Å². The number of aliphatic imine (C=N–C) groups is 2. The van der Waals surface area contributed by atoms with Crippen molar-refractivity contribution in [2.24, 2.45) is 32.3 Å². The van der Waals surface area contributed by atoms with Gasteiger partial charge in [0.25, 0.3) is 18.3 Å². The lowest BCUT2D eigenvalue weighted by Crippen LogP contribution is -2.30. The SMILES string of the molecule is C#CCC.CC=O.CCC(=S)CC.CCC=NCC.CCCc1cn(CC)nn1.CCNC(=O)CC.CCSC1CC(=O)N(CC)C1=O.CN.CN.CN.CN1C(=O)C=CC1=O.CN=C=S.CN=[N+]=[N-].COC=O.CS. The second kappa shape index (κ2) is 98.9. The average Bonchev–Trinajstić information content (AvgIpc) is 4.14. The van der Waals surface area contributed by atoms with Crippen molar-refractivity contribution in [2.45, 2.75) is 146 Å². The Morgan fingerprint density at radius 1 is 0.947 bits per heavy atom. The van der Waals surface area contributed by atoms with Crippen LogP contribution in [-0.4, -0.2) is 170 Å². The van der Waals surface area contributed by atoms with E-state index in [-0.39, 0.29) is 34.8 Å². The minimum absolute atomic E-state index is 0.00523. The first-order chi connectivity index (χ1) is 36.4. The van der Waals surface area contributed by atoms with Gasteiger partial charge in [-0.1, -0.05) is 77.4 Å². The Hall–Kier alpha value is -5.22. The quantitative estimate of drug-likeness (QED) is 0.0145. The van der Waals surface area contributed by atoms with E-state index in [9.17, 15) is 24.0 Å². The van der Waals surface area contributed by atoms with Crippen molar-refractivity contribution in [3.63, 3.8) is 0 Å². The van der Waals surface area contributed by atoms with E-state index in [1.807, 2.05) is 58.6 Å². The van der Waals surface area contributed by atoms with Gasteiger partial charge in [-0.3, -0.25) is 48.2 Å². The number of methoxy groups -OCH3 is 1. The molecule has 0 radical (unpaired) electrons. The van der Waals surface area contributed by atoms with Crippen LogP contribution in [0.2, 0.25) is 0 Å². The number of isothiocyanates is 1. The number of carbonyl (C=O) groups excluding carboxylic acids is 7. The Labute approximate surface area is 479 Å². The lowest BCUT2D eigenvalue weighted by Gasteiger charge is -2.10. The monoisotopic (exact) mass is 1150 g/mol. The van der Waals surface area contributed by atoms with Crippen LogP contribution in [0.5, 0.6) is 0 Å². The van der Waals surface area contributed by atoms with Crippen molar-refractivity contribution in [3.8, 4) is 12.3 Å². The number of aromatic nitrogens is 3. The van der Waals surface area contributed by atoms with Crippen LogP contribution in [0.25, 0.3) is 10.4 Å². The van der Waals surface area contributed by atoms with Gasteiger partial charge < -0.3 is 32.0 Å². The molecule has 0 aromatic carbocycles. The third-order valence-electron chi connectivity index (χ3n) is 6.79. The van der Waals surface area contributed by atoms with Gasteiger partial charge in [0, 0.05) is 89.8 Å². The molecule has 2 aliphatic heterocycles. The van der Waals surface area contributed by atoms with Crippen molar-refractivity contribution in [1.82, 2.24) is 30.1 Å². The van der Waals surface area contributed by atoms with Crippen LogP contribution in [0.1, 0.15) is 134 Å². The fraction of sp³-hybridized carbons (Fsp3) is 0.680. The number of hydrogen-bond acceptors (Lipinski definition) is 20. The number of likely N-dealkylation sites (tertiary alicyclic amines) is 1. The van der Waals surface area contributed by atoms with Crippen LogP contribution in [0, 0.1) is 12.3 Å². The highest BCUT2D eigenvalue weighted by Crippen LogP contribution is 2.24. The topological polar surface area (TPSA) is 329 Å². The van der Waals surface area contributed by atoms with Crippen molar-refractivity contribution in [3.05, 3.63) is 34.5 Å². The summed E-state index contributed by atoms with van der Waals surface area (Å²) in [6.45, 7) is 26.9. The van der Waals surface area contributed by atoms with Gasteiger partial charge in [0.05, 0.1) is 23.2 Å². The van der Waals surface area contributed by atoms with Gasteiger partial charge in [-0.2, -0.15) is 12.6 Å². The Kier molecular flexibility index (Phi) is 130. The van der Waals surface area contributed by atoms with Gasteiger partial charge in [0.1, 0.15) is 6.29 Å². The highest BCUT2D eigenvalue weighted by molar-refractivity contribution is 8.00. The maximum Gasteiger partial charge on any atom is 0.292 e. The molecular formula is C50H102N14O8S4. The van der Waals surface area contributed by atoms with Crippen LogP contribution >= 0.6 is 48.8 Å². The Balaban J connectivity index is -0.0000000598. The number of carbonyl (C=O) groups is 7. The number of thiocarbonyl (C=S) groups is 2. The van der Waals surface area contributed by atoms with E-state index in [1.165, 1.54) is 71.2 Å². The van der Waals surface area contributed by atoms with Gasteiger partial charge in [-0.05, 0) is 122 Å². The molecule has 22 nitrogen and oxygen atoms in total. The van der Waals surface area contributed by atoms with Crippen LogP contribution in [-0.2, 0) is 51.3 Å². The van der Waals surface area contributed by atoms with Crippen LogP contribution in [0.4, 0.5) is 0 Å². The minimum atomic E-state index is -0.241. The summed E-state index contributed by atoms with van der Waals surface area (Å²) in [4.78, 5) is 84.7. The van der Waals surface area contributed by atoms with E-state index >= 15 is 0 Å². The van der Waals surface area contributed by atoms with Crippen LogP contribution in [0.15, 0.2) is 33.4 Å². The summed E-state index contributed by atoms with van der Waals surface area (Å²) in [6, 6.07) is 0. The summed E-state index contributed by atoms with van der Waals surface area (Å²) in [5.41, 5.74) is 21.9. The number of aldehydes is 1. The molecule has 1 aromatic heterocycles. The number of ether oxygens (including phenoxy) is 1. The normalized spacial score (nSPS) is 10.8. The molecule has 0 saturated carbocycles. The second-order valence-corrected chi connectivity index (χ2v) is 14.1. The maximum absolute atomic E-state index is 11.4. The lowest BCUT2D eigenvalue weighted by atomic mass is 10.3. The van der Waals surface area contributed by atoms with Gasteiger partial charge in [0.2, 0.25) is 17.7 Å². The maximum atomic E-state index is 11.4. The molecule has 3 rings (SSSR count). The van der Waals surface area contributed by atoms with E-state index in [2.05, 4.69) is 128 Å². The van der Waals surface area contributed by atoms with Crippen molar-refractivity contribution < 1.29 is 38.3 Å². The number of rotatable bonds is 13. The van der Waals surface area contributed by atoms with Crippen LogP contribution < -0.4 is 22.5 Å². The number of nitrogens with zero attached hydrogens (tertiary/aromatic N) is 10. The summed E-state index contributed by atoms with van der Waals surface area (Å²) >= 11 is 14.1.